The number of nitrogens with one attached hydrogen (secondary N) is 2. The zero-order valence-corrected chi connectivity index (χ0v) is 20.6. The van der Waals surface area contributed by atoms with Crippen LogP contribution in [0.1, 0.15) is 47.9 Å². The largest absolute Gasteiger partial charge is 0.348 e. The molecule has 1 unspecified atom stereocenters. The Kier molecular flexibility index (Phi) is 7.92. The minimum absolute atomic E-state index is 0.219. The van der Waals surface area contributed by atoms with Gasteiger partial charge in [0.2, 0.25) is 10.0 Å². The van der Waals surface area contributed by atoms with Crippen LogP contribution in [0.25, 0.3) is 0 Å². The molecule has 2 aromatic rings. The Hall–Kier alpha value is -2.71. The van der Waals surface area contributed by atoms with E-state index in [9.17, 15) is 18.0 Å². The van der Waals surface area contributed by atoms with Gasteiger partial charge in [0, 0.05) is 24.8 Å². The van der Waals surface area contributed by atoms with Crippen molar-refractivity contribution in [3.8, 4) is 0 Å². The van der Waals surface area contributed by atoms with Crippen molar-refractivity contribution in [2.45, 2.75) is 64.3 Å². The van der Waals surface area contributed by atoms with Crippen LogP contribution in [0.2, 0.25) is 0 Å². The molecule has 0 radical (unpaired) electrons. The normalized spacial score (nSPS) is 16.9. The van der Waals surface area contributed by atoms with Gasteiger partial charge in [0.1, 0.15) is 0 Å². The van der Waals surface area contributed by atoms with Crippen molar-refractivity contribution in [1.82, 2.24) is 9.62 Å². The maximum atomic E-state index is 13.6. The summed E-state index contributed by atoms with van der Waals surface area (Å²) in [6.45, 7) is 8.16. The van der Waals surface area contributed by atoms with Crippen LogP contribution in [0.5, 0.6) is 0 Å². The summed E-state index contributed by atoms with van der Waals surface area (Å²) in [7, 11) is -3.66. The Bertz CT molecular complexity index is 1120. The second-order valence-electron chi connectivity index (χ2n) is 8.81. The number of rotatable bonds is 6. The fourth-order valence-electron chi connectivity index (χ4n) is 4.59. The van der Waals surface area contributed by atoms with Crippen LogP contribution in [0, 0.1) is 27.7 Å². The lowest BCUT2D eigenvalue weighted by molar-refractivity contribution is -0.136. The summed E-state index contributed by atoms with van der Waals surface area (Å²) in [6, 6.07) is 10.8. The fourth-order valence-corrected chi connectivity index (χ4v) is 6.73. The van der Waals surface area contributed by atoms with Crippen molar-refractivity contribution < 1.29 is 18.0 Å². The van der Waals surface area contributed by atoms with Gasteiger partial charge in [-0.2, -0.15) is 4.31 Å². The van der Waals surface area contributed by atoms with Crippen molar-refractivity contribution in [1.29, 1.82) is 0 Å². The zero-order chi connectivity index (χ0) is 24.2. The highest BCUT2D eigenvalue weighted by atomic mass is 32.2. The van der Waals surface area contributed by atoms with Gasteiger partial charge in [0.05, 0.1) is 4.90 Å². The standard InChI is InChI=1S/C25H33N3O4S/c1-17-15-19(3)23(20(4)16-17)33(31,32)28-14-8-7-10-21(28)12-13-26-24(29)25(30)27-22-11-6-5-9-18(22)2/h5-6,9,11,15-16,21H,7-8,10,12-14H2,1-4H3,(H,26,29)(H,27,30). The van der Waals surface area contributed by atoms with E-state index in [1.54, 1.807) is 16.4 Å². The van der Waals surface area contributed by atoms with Gasteiger partial charge in [-0.1, -0.05) is 42.3 Å². The first-order chi connectivity index (χ1) is 15.6. The molecular formula is C25H33N3O4S. The lowest BCUT2D eigenvalue weighted by Gasteiger charge is -2.35. The minimum atomic E-state index is -3.66. The highest BCUT2D eigenvalue weighted by Gasteiger charge is 2.35. The molecule has 0 bridgehead atoms. The summed E-state index contributed by atoms with van der Waals surface area (Å²) in [4.78, 5) is 24.9. The molecule has 0 aliphatic carbocycles. The van der Waals surface area contributed by atoms with Crippen LogP contribution in [0.3, 0.4) is 0 Å². The average Bonchev–Trinajstić information content (AvgIpc) is 2.74. The van der Waals surface area contributed by atoms with Gasteiger partial charge in [-0.3, -0.25) is 9.59 Å². The first-order valence-electron chi connectivity index (χ1n) is 11.4. The number of nitrogens with zero attached hydrogens (tertiary/aromatic N) is 1. The molecule has 7 nitrogen and oxygen atoms in total. The predicted octanol–water partition coefficient (Wildman–Crippen LogP) is 3.61. The Morgan fingerprint density at radius 1 is 0.970 bits per heavy atom. The summed E-state index contributed by atoms with van der Waals surface area (Å²) >= 11 is 0. The van der Waals surface area contributed by atoms with Crippen LogP contribution < -0.4 is 10.6 Å². The first-order valence-corrected chi connectivity index (χ1v) is 12.8. The van der Waals surface area contributed by atoms with Gasteiger partial charge in [-0.25, -0.2) is 8.42 Å². The van der Waals surface area contributed by atoms with E-state index in [1.165, 1.54) is 0 Å². The van der Waals surface area contributed by atoms with Gasteiger partial charge in [0.15, 0.2) is 0 Å². The van der Waals surface area contributed by atoms with Crippen molar-refractivity contribution in [3.05, 3.63) is 58.7 Å². The van der Waals surface area contributed by atoms with E-state index >= 15 is 0 Å². The zero-order valence-electron chi connectivity index (χ0n) is 19.8. The molecule has 2 amide bonds. The van der Waals surface area contributed by atoms with Gasteiger partial charge in [-0.05, 0) is 69.7 Å². The molecule has 1 atom stereocenters. The number of sulfonamides is 1. The lowest BCUT2D eigenvalue weighted by Crippen LogP contribution is -2.46. The van der Waals surface area contributed by atoms with E-state index in [0.717, 1.165) is 41.5 Å². The molecule has 3 rings (SSSR count). The Balaban J connectivity index is 1.65. The topological polar surface area (TPSA) is 95.6 Å². The van der Waals surface area contributed by atoms with Gasteiger partial charge < -0.3 is 10.6 Å². The summed E-state index contributed by atoms with van der Waals surface area (Å²) in [5.74, 6) is -1.46. The highest BCUT2D eigenvalue weighted by Crippen LogP contribution is 2.31. The van der Waals surface area contributed by atoms with Crippen molar-refractivity contribution >= 4 is 27.5 Å². The van der Waals surface area contributed by atoms with Crippen LogP contribution in [-0.2, 0) is 19.6 Å². The van der Waals surface area contributed by atoms with E-state index in [2.05, 4.69) is 10.6 Å². The Morgan fingerprint density at radius 3 is 2.30 bits per heavy atom. The number of carbonyl (C=O) groups excluding carboxylic acids is 2. The number of aryl methyl sites for hydroxylation is 4. The molecule has 1 fully saturated rings. The number of hydrogen-bond donors (Lipinski definition) is 2. The van der Waals surface area contributed by atoms with Crippen LogP contribution in [0.15, 0.2) is 41.3 Å². The number of amides is 2. The maximum absolute atomic E-state index is 13.6. The summed E-state index contributed by atoms with van der Waals surface area (Å²) in [5, 5.41) is 5.25. The number of anilines is 1. The SMILES string of the molecule is Cc1cc(C)c(S(=O)(=O)N2CCCCC2CCNC(=O)C(=O)Nc2ccccc2C)c(C)c1. The van der Waals surface area contributed by atoms with Gasteiger partial charge in [-0.15, -0.1) is 0 Å². The number of piperidine rings is 1. The van der Waals surface area contributed by atoms with E-state index in [-0.39, 0.29) is 12.6 Å². The Morgan fingerprint density at radius 2 is 1.64 bits per heavy atom. The summed E-state index contributed by atoms with van der Waals surface area (Å²) in [5.41, 5.74) is 3.98. The molecule has 33 heavy (non-hydrogen) atoms. The quantitative estimate of drug-likeness (QED) is 0.629. The molecule has 0 saturated carbocycles. The Labute approximate surface area is 196 Å². The second kappa shape index (κ2) is 10.5. The first kappa shape index (κ1) is 24.9. The van der Waals surface area contributed by atoms with E-state index in [1.807, 2.05) is 52.0 Å². The summed E-state index contributed by atoms with van der Waals surface area (Å²) in [6.07, 6.45) is 2.93. The second-order valence-corrected chi connectivity index (χ2v) is 10.6. The lowest BCUT2D eigenvalue weighted by atomic mass is 10.0. The van der Waals surface area contributed by atoms with Gasteiger partial charge in [0.25, 0.3) is 0 Å². The summed E-state index contributed by atoms with van der Waals surface area (Å²) < 4.78 is 28.7. The third kappa shape index (κ3) is 5.81. The molecule has 1 aliphatic rings. The third-order valence-electron chi connectivity index (χ3n) is 6.11. The van der Waals surface area contributed by atoms with Crippen LogP contribution in [0.4, 0.5) is 5.69 Å². The van der Waals surface area contributed by atoms with Crippen molar-refractivity contribution in [2.75, 3.05) is 18.4 Å². The average molecular weight is 472 g/mol. The molecule has 2 N–H and O–H groups in total. The maximum Gasteiger partial charge on any atom is 0.313 e. The molecule has 0 aromatic heterocycles. The minimum Gasteiger partial charge on any atom is -0.348 e. The fraction of sp³-hybridized carbons (Fsp3) is 0.440. The molecular weight excluding hydrogens is 438 g/mol. The molecule has 2 aromatic carbocycles. The molecule has 1 heterocycles. The van der Waals surface area contributed by atoms with Crippen molar-refractivity contribution in [2.24, 2.45) is 0 Å². The third-order valence-corrected chi connectivity index (χ3v) is 8.37. The van der Waals surface area contributed by atoms with E-state index in [4.69, 9.17) is 0 Å². The van der Waals surface area contributed by atoms with Crippen LogP contribution in [-0.4, -0.2) is 43.7 Å². The highest BCUT2D eigenvalue weighted by molar-refractivity contribution is 7.89. The molecule has 1 saturated heterocycles. The van der Waals surface area contributed by atoms with E-state index in [0.29, 0.717) is 23.5 Å². The monoisotopic (exact) mass is 471 g/mol. The number of hydrogen-bond acceptors (Lipinski definition) is 4. The molecule has 178 valence electrons. The van der Waals surface area contributed by atoms with E-state index < -0.39 is 21.8 Å². The van der Waals surface area contributed by atoms with Crippen LogP contribution >= 0.6 is 0 Å². The van der Waals surface area contributed by atoms with Gasteiger partial charge >= 0.3 is 11.8 Å². The smallest absolute Gasteiger partial charge is 0.313 e. The van der Waals surface area contributed by atoms with Crippen molar-refractivity contribution in [3.63, 3.8) is 0 Å². The predicted molar refractivity (Wildman–Crippen MR) is 130 cm³/mol. The number of benzene rings is 2. The molecule has 0 spiro atoms. The molecule has 8 heteroatoms. The number of para-hydroxylation sites is 1. The number of carbonyl (C=O) groups is 2. The molecule has 1 aliphatic heterocycles.